The van der Waals surface area contributed by atoms with Crippen molar-refractivity contribution in [3.63, 3.8) is 0 Å². The fourth-order valence-electron chi connectivity index (χ4n) is 1.45. The van der Waals surface area contributed by atoms with Gasteiger partial charge in [0.1, 0.15) is 6.07 Å². The minimum absolute atomic E-state index is 0.00471. The van der Waals surface area contributed by atoms with E-state index in [-0.39, 0.29) is 5.91 Å². The SMILES string of the molecule is CCCNC(=O)CCNc1c(Cl)cccc1C#N. The summed E-state index contributed by atoms with van der Waals surface area (Å²) in [6, 6.07) is 7.18. The first-order chi connectivity index (χ1) is 8.69. The molecule has 0 aliphatic heterocycles. The number of nitrogens with zero attached hydrogens (tertiary/aromatic N) is 1. The van der Waals surface area contributed by atoms with Gasteiger partial charge in [-0.15, -0.1) is 0 Å². The molecular weight excluding hydrogens is 250 g/mol. The van der Waals surface area contributed by atoms with E-state index in [1.165, 1.54) is 0 Å². The molecule has 0 bridgehead atoms. The highest BCUT2D eigenvalue weighted by molar-refractivity contribution is 6.33. The van der Waals surface area contributed by atoms with Gasteiger partial charge in [0.2, 0.25) is 5.91 Å². The zero-order chi connectivity index (χ0) is 13.4. The Kier molecular flexibility index (Phi) is 6.03. The van der Waals surface area contributed by atoms with Crippen molar-refractivity contribution in [3.8, 4) is 6.07 Å². The summed E-state index contributed by atoms with van der Waals surface area (Å²) >= 11 is 5.99. The molecule has 0 saturated carbocycles. The molecule has 96 valence electrons. The monoisotopic (exact) mass is 265 g/mol. The van der Waals surface area contributed by atoms with Gasteiger partial charge in [0, 0.05) is 19.5 Å². The number of nitriles is 1. The van der Waals surface area contributed by atoms with Crippen LogP contribution in [0.1, 0.15) is 25.3 Å². The lowest BCUT2D eigenvalue weighted by Crippen LogP contribution is -2.26. The number of carbonyl (C=O) groups is 1. The summed E-state index contributed by atoms with van der Waals surface area (Å²) in [4.78, 5) is 11.4. The van der Waals surface area contributed by atoms with E-state index in [0.717, 1.165) is 6.42 Å². The van der Waals surface area contributed by atoms with Crippen molar-refractivity contribution in [1.82, 2.24) is 5.32 Å². The lowest BCUT2D eigenvalue weighted by atomic mass is 10.2. The van der Waals surface area contributed by atoms with E-state index in [2.05, 4.69) is 16.7 Å². The zero-order valence-corrected chi connectivity index (χ0v) is 11.0. The van der Waals surface area contributed by atoms with Crippen LogP contribution in [0.5, 0.6) is 0 Å². The van der Waals surface area contributed by atoms with E-state index in [1.54, 1.807) is 18.2 Å². The average molecular weight is 266 g/mol. The quantitative estimate of drug-likeness (QED) is 0.831. The van der Waals surface area contributed by atoms with Gasteiger partial charge < -0.3 is 10.6 Å². The Morgan fingerprint density at radius 2 is 2.22 bits per heavy atom. The standard InChI is InChI=1S/C13H16ClN3O/c1-2-7-16-12(18)6-8-17-13-10(9-15)4-3-5-11(13)14/h3-5,17H,2,6-8H2,1H3,(H,16,18). The molecular formula is C13H16ClN3O. The maximum Gasteiger partial charge on any atom is 0.221 e. The van der Waals surface area contributed by atoms with E-state index in [9.17, 15) is 4.79 Å². The van der Waals surface area contributed by atoms with Gasteiger partial charge in [-0.05, 0) is 18.6 Å². The summed E-state index contributed by atoms with van der Waals surface area (Å²) in [6.07, 6.45) is 1.28. The Morgan fingerprint density at radius 1 is 1.44 bits per heavy atom. The average Bonchev–Trinajstić information content (AvgIpc) is 2.38. The molecule has 4 nitrogen and oxygen atoms in total. The predicted octanol–water partition coefficient (Wildman–Crippen LogP) is 2.54. The van der Waals surface area contributed by atoms with E-state index in [1.807, 2.05) is 6.92 Å². The van der Waals surface area contributed by atoms with Gasteiger partial charge in [0.05, 0.1) is 16.3 Å². The second kappa shape index (κ2) is 7.57. The molecule has 0 radical (unpaired) electrons. The van der Waals surface area contributed by atoms with Crippen molar-refractivity contribution >= 4 is 23.2 Å². The number of para-hydroxylation sites is 1. The van der Waals surface area contributed by atoms with Crippen molar-refractivity contribution in [2.45, 2.75) is 19.8 Å². The molecule has 18 heavy (non-hydrogen) atoms. The Labute approximate surface area is 112 Å². The minimum Gasteiger partial charge on any atom is -0.382 e. The van der Waals surface area contributed by atoms with E-state index >= 15 is 0 Å². The van der Waals surface area contributed by atoms with Crippen LogP contribution in [-0.2, 0) is 4.79 Å². The van der Waals surface area contributed by atoms with E-state index in [0.29, 0.717) is 35.8 Å². The van der Waals surface area contributed by atoms with Crippen LogP contribution >= 0.6 is 11.6 Å². The van der Waals surface area contributed by atoms with Crippen LogP contribution in [0.25, 0.3) is 0 Å². The number of rotatable bonds is 6. The minimum atomic E-state index is -0.00471. The Morgan fingerprint density at radius 3 is 2.89 bits per heavy atom. The fourth-order valence-corrected chi connectivity index (χ4v) is 1.69. The zero-order valence-electron chi connectivity index (χ0n) is 10.3. The molecule has 0 heterocycles. The van der Waals surface area contributed by atoms with Crippen LogP contribution in [0.4, 0.5) is 5.69 Å². The van der Waals surface area contributed by atoms with E-state index in [4.69, 9.17) is 16.9 Å². The van der Waals surface area contributed by atoms with Gasteiger partial charge in [-0.2, -0.15) is 5.26 Å². The molecule has 0 unspecified atom stereocenters. The first-order valence-electron chi connectivity index (χ1n) is 5.88. The van der Waals surface area contributed by atoms with E-state index < -0.39 is 0 Å². The van der Waals surface area contributed by atoms with Crippen LogP contribution in [-0.4, -0.2) is 19.0 Å². The third-order valence-electron chi connectivity index (χ3n) is 2.36. The number of nitrogens with one attached hydrogen (secondary N) is 2. The number of halogens is 1. The predicted molar refractivity (Wildman–Crippen MR) is 72.6 cm³/mol. The third-order valence-corrected chi connectivity index (χ3v) is 2.68. The summed E-state index contributed by atoms with van der Waals surface area (Å²) in [7, 11) is 0. The molecule has 1 amide bonds. The highest BCUT2D eigenvalue weighted by Crippen LogP contribution is 2.25. The number of amides is 1. The Balaban J connectivity index is 2.49. The largest absolute Gasteiger partial charge is 0.382 e. The third kappa shape index (κ3) is 4.27. The molecule has 5 heteroatoms. The summed E-state index contributed by atoms with van der Waals surface area (Å²) < 4.78 is 0. The van der Waals surface area contributed by atoms with Gasteiger partial charge in [-0.3, -0.25) is 4.79 Å². The molecule has 0 aliphatic carbocycles. The summed E-state index contributed by atoms with van der Waals surface area (Å²) in [5.74, 6) is -0.00471. The molecule has 0 atom stereocenters. The molecule has 0 aromatic heterocycles. The van der Waals surface area contributed by atoms with Gasteiger partial charge in [-0.25, -0.2) is 0 Å². The topological polar surface area (TPSA) is 64.9 Å². The normalized spacial score (nSPS) is 9.61. The lowest BCUT2D eigenvalue weighted by Gasteiger charge is -2.10. The number of carbonyl (C=O) groups excluding carboxylic acids is 1. The van der Waals surface area contributed by atoms with Gasteiger partial charge >= 0.3 is 0 Å². The van der Waals surface area contributed by atoms with Crippen LogP contribution in [0.2, 0.25) is 5.02 Å². The first-order valence-corrected chi connectivity index (χ1v) is 6.26. The number of benzene rings is 1. The molecule has 1 rings (SSSR count). The van der Waals surface area contributed by atoms with Gasteiger partial charge in [0.25, 0.3) is 0 Å². The lowest BCUT2D eigenvalue weighted by molar-refractivity contribution is -0.120. The fraction of sp³-hybridized carbons (Fsp3) is 0.385. The van der Waals surface area contributed by atoms with Crippen molar-refractivity contribution in [3.05, 3.63) is 28.8 Å². The van der Waals surface area contributed by atoms with Crippen LogP contribution < -0.4 is 10.6 Å². The van der Waals surface area contributed by atoms with Crippen molar-refractivity contribution < 1.29 is 4.79 Å². The molecule has 0 fully saturated rings. The first kappa shape index (κ1) is 14.3. The van der Waals surface area contributed by atoms with Crippen LogP contribution in [0.15, 0.2) is 18.2 Å². The Hall–Kier alpha value is -1.73. The number of hydrogen-bond acceptors (Lipinski definition) is 3. The number of hydrogen-bond donors (Lipinski definition) is 2. The maximum atomic E-state index is 11.4. The second-order valence-corrected chi connectivity index (χ2v) is 4.21. The smallest absolute Gasteiger partial charge is 0.221 e. The van der Waals surface area contributed by atoms with Gasteiger partial charge in [-0.1, -0.05) is 24.6 Å². The van der Waals surface area contributed by atoms with Crippen molar-refractivity contribution in [1.29, 1.82) is 5.26 Å². The highest BCUT2D eigenvalue weighted by Gasteiger charge is 2.06. The van der Waals surface area contributed by atoms with Crippen molar-refractivity contribution in [2.75, 3.05) is 18.4 Å². The molecule has 1 aromatic carbocycles. The molecule has 0 spiro atoms. The molecule has 0 aliphatic rings. The second-order valence-electron chi connectivity index (χ2n) is 3.80. The summed E-state index contributed by atoms with van der Waals surface area (Å²) in [5.41, 5.74) is 1.07. The molecule has 2 N–H and O–H groups in total. The van der Waals surface area contributed by atoms with Gasteiger partial charge in [0.15, 0.2) is 0 Å². The summed E-state index contributed by atoms with van der Waals surface area (Å²) in [6.45, 7) is 3.14. The van der Waals surface area contributed by atoms with Crippen LogP contribution in [0.3, 0.4) is 0 Å². The molecule has 1 aromatic rings. The van der Waals surface area contributed by atoms with Crippen molar-refractivity contribution in [2.24, 2.45) is 0 Å². The highest BCUT2D eigenvalue weighted by atomic mass is 35.5. The summed E-state index contributed by atoms with van der Waals surface area (Å²) in [5, 5.41) is 15.2. The number of anilines is 1. The maximum absolute atomic E-state index is 11.4. The van der Waals surface area contributed by atoms with Crippen LogP contribution in [0, 0.1) is 11.3 Å². The molecule has 0 saturated heterocycles. The Bertz CT molecular complexity index is 454.